The highest BCUT2D eigenvalue weighted by Gasteiger charge is 2.45. The molecule has 4 aromatic rings. The lowest BCUT2D eigenvalue weighted by atomic mass is 9.83. The number of nitrogens with one attached hydrogen (secondary N) is 7. The van der Waals surface area contributed by atoms with Crippen molar-refractivity contribution in [3.8, 4) is 0 Å². The number of imidazole rings is 1. The maximum Gasteiger partial charge on any atom is 0.408 e. The van der Waals surface area contributed by atoms with Crippen molar-refractivity contribution in [2.45, 2.75) is 267 Å². The van der Waals surface area contributed by atoms with Crippen LogP contribution in [0.5, 0.6) is 0 Å². The molecule has 28 heteroatoms. The van der Waals surface area contributed by atoms with Gasteiger partial charge < -0.3 is 66.6 Å². The number of alkyl carbamates (subject to hydrolysis) is 1. The molecule has 1 aliphatic heterocycles. The van der Waals surface area contributed by atoms with Crippen LogP contribution in [0, 0.1) is 46.8 Å². The van der Waals surface area contributed by atoms with Crippen molar-refractivity contribution in [1.29, 1.82) is 0 Å². The summed E-state index contributed by atoms with van der Waals surface area (Å²) in [4.78, 5) is 181. The predicted octanol–water partition coefficient (Wildman–Crippen LogP) is 11.4. The smallest absolute Gasteiger partial charge is 0.408 e. The van der Waals surface area contributed by atoms with Gasteiger partial charge in [-0.05, 0) is 127 Å². The van der Waals surface area contributed by atoms with E-state index in [1.807, 2.05) is 105 Å². The van der Waals surface area contributed by atoms with Crippen LogP contribution in [0.15, 0.2) is 78.7 Å². The Kier molecular flexibility index (Phi) is 38.2. The fraction of sp³-hybridized carbons (Fsp3) is 0.647. The Morgan fingerprint density at radius 3 is 1.99 bits per heavy atom. The Balaban J connectivity index is 1.18. The van der Waals surface area contributed by atoms with Crippen LogP contribution >= 0.6 is 11.3 Å². The number of likely N-dealkylation sites (tertiary alicyclic amines) is 1. The molecule has 0 spiro atoms. The molecule has 1 fully saturated rings. The molecule has 3 heterocycles. The van der Waals surface area contributed by atoms with Crippen LogP contribution in [0.1, 0.15) is 233 Å². The molecule has 1 aliphatic rings. The van der Waals surface area contributed by atoms with Crippen molar-refractivity contribution in [2.75, 3.05) is 46.2 Å². The van der Waals surface area contributed by atoms with Crippen LogP contribution in [-0.4, -0.2) is 184 Å². The number of benzene rings is 2. The summed E-state index contributed by atoms with van der Waals surface area (Å²) in [5.74, 6) is -7.21. The number of carbonyl (C=O) groups excluding carboxylic acids is 12. The molecular weight excluding hydrogens is 1460 g/mol. The summed E-state index contributed by atoms with van der Waals surface area (Å²) in [5, 5.41) is 20.0. The zero-order valence-electron chi connectivity index (χ0n) is 70.1. The average molecular weight is 1590 g/mol. The molecule has 0 unspecified atom stereocenters. The van der Waals surface area contributed by atoms with E-state index in [1.54, 1.807) is 63.4 Å². The van der Waals surface area contributed by atoms with Gasteiger partial charge in [-0.1, -0.05) is 125 Å². The summed E-state index contributed by atoms with van der Waals surface area (Å²) in [7, 11) is 4.79. The van der Waals surface area contributed by atoms with Gasteiger partial charge in [0.25, 0.3) is 0 Å². The molecular formula is C85H130N12O15S. The normalized spacial score (nSPS) is 16.2. The van der Waals surface area contributed by atoms with Gasteiger partial charge in [-0.2, -0.15) is 0 Å². The summed E-state index contributed by atoms with van der Waals surface area (Å²) >= 11 is 1.53. The first-order chi connectivity index (χ1) is 53.2. The van der Waals surface area contributed by atoms with Gasteiger partial charge in [0.1, 0.15) is 18.1 Å². The van der Waals surface area contributed by atoms with E-state index in [9.17, 15) is 57.5 Å². The fourth-order valence-corrected chi connectivity index (χ4v) is 15.5. The molecule has 27 nitrogen and oxygen atoms in total. The van der Waals surface area contributed by atoms with Crippen LogP contribution in [0.2, 0.25) is 0 Å². The topological polar surface area (TPSA) is 379 Å². The molecule has 12 atom stereocenters. The van der Waals surface area contributed by atoms with Crippen molar-refractivity contribution in [2.24, 2.45) is 52.6 Å². The molecule has 113 heavy (non-hydrogen) atoms. The van der Waals surface area contributed by atoms with E-state index in [0.29, 0.717) is 56.3 Å². The number of rotatable bonds is 49. The highest BCUT2D eigenvalue weighted by Crippen LogP contribution is 2.35. The quantitative estimate of drug-likeness (QED) is 0.0150. The molecule has 0 bridgehead atoms. The summed E-state index contributed by atoms with van der Waals surface area (Å²) in [5.41, 5.74) is 5.06. The standard InChI is InChI=1S/C85H130N12O15S/c1-19-54(6)74(69(110-17)48-72(103)97-41-26-31-65(97)75(111-18)55(7)66(98)46-60(79-89-40-42-113-79)43-56-27-21-20-22-28-56)96(16)80(107)62(52(2)3)47-70(101)85(14,15)95-82(109)112-50-57-32-34-61(35-33-57)92-77(105)59(30-25-39-90-81(86)108)45-68(100)73(53(4)5)93-78(106)58(44-67(99)64-49-87-51-91-64)29-23-24-38-88-71(102)37-36-63(94-84(11,12)13)76(104)83(8,9)10/h20-22,27-28,32-35,40,42,49,51-55,58-60,62-63,65,69,73-75,94H,19,23-26,29-31,36-39,41,43-48,50H2,1-18H3,(H,87,91)(H,88,102)(H,92,105)(H,93,106)(H,95,109)(H3,86,90,108)/t54-,55-,58+,59+,60+,62-,63+,65-,69+,73-,74-,75+/m0/s1. The minimum absolute atomic E-state index is 0.0133. The number of methoxy groups -OCH3 is 2. The molecule has 0 aliphatic carbocycles. The lowest BCUT2D eigenvalue weighted by Crippen LogP contribution is -2.55. The number of urea groups is 1. The number of ether oxygens (including phenoxy) is 3. The van der Waals surface area contributed by atoms with Gasteiger partial charge in [-0.15, -0.1) is 11.3 Å². The van der Waals surface area contributed by atoms with Gasteiger partial charge in [-0.3, -0.25) is 47.9 Å². The summed E-state index contributed by atoms with van der Waals surface area (Å²) in [6, 6.07) is 13.2. The molecule has 0 saturated carbocycles. The van der Waals surface area contributed by atoms with E-state index in [0.717, 1.165) is 17.0 Å². The fourth-order valence-electron chi connectivity index (χ4n) is 14.7. The number of likely N-dealkylation sites (N-methyl/N-ethyl adjacent to an activating group) is 1. The van der Waals surface area contributed by atoms with E-state index in [4.69, 9.17) is 19.9 Å². The minimum atomic E-state index is -1.50. The van der Waals surface area contributed by atoms with Gasteiger partial charge in [0.2, 0.25) is 29.5 Å². The first-order valence-corrected chi connectivity index (χ1v) is 41.0. The highest BCUT2D eigenvalue weighted by atomic mass is 32.1. The average Bonchev–Trinajstić information content (AvgIpc) is 1.79. The van der Waals surface area contributed by atoms with E-state index in [2.05, 4.69) is 59.0 Å². The first kappa shape index (κ1) is 95.0. The number of unbranched alkanes of at least 4 members (excludes halogenated alkanes) is 1. The number of aromatic nitrogens is 3. The van der Waals surface area contributed by atoms with Crippen molar-refractivity contribution < 1.29 is 71.7 Å². The Morgan fingerprint density at radius 1 is 0.743 bits per heavy atom. The molecule has 2 aromatic heterocycles. The number of thiazole rings is 1. The molecule has 2 aromatic carbocycles. The lowest BCUT2D eigenvalue weighted by molar-refractivity contribution is -0.149. The summed E-state index contributed by atoms with van der Waals surface area (Å²) in [6.07, 6.45) is 6.38. The molecule has 8 amide bonds. The second-order valence-electron chi connectivity index (χ2n) is 33.8. The van der Waals surface area contributed by atoms with E-state index < -0.39 is 106 Å². The Morgan fingerprint density at radius 2 is 1.41 bits per heavy atom. The van der Waals surface area contributed by atoms with Crippen LogP contribution in [-0.2, 0) is 70.4 Å². The number of carbonyl (C=O) groups is 12. The van der Waals surface area contributed by atoms with Crippen molar-refractivity contribution >= 4 is 87.6 Å². The SMILES string of the molecule is CC[C@H](C)[C@@H]([C@@H](CC(=O)N1CCC[C@H]1[C@H](OC)[C@@H](C)C(=O)C[C@@H](Cc1ccccc1)c1nccs1)OC)N(C)C(=O)[C@@H](CC(=O)C(C)(C)NC(=O)OCc1ccc(NC(=O)[C@H](CCCNC(N)=O)CC(=O)[C@@H](NC(=O)[C@H](CCCCNC(=O)CC[C@@H](NC(C)(C)C)C(=O)C(C)(C)C)CC(=O)c2cnc[nH]2)C(C)C)cc1)C(C)C. The number of Topliss-reactive ketones (excluding diaryl/α,β-unsaturated/α-hetero) is 5. The second-order valence-corrected chi connectivity index (χ2v) is 34.7. The Labute approximate surface area is 673 Å². The number of primary amides is 1. The minimum Gasteiger partial charge on any atom is -0.445 e. The number of ketones is 5. The molecule has 5 rings (SSSR count). The number of amides is 8. The maximum absolute atomic E-state index is 14.9. The summed E-state index contributed by atoms with van der Waals surface area (Å²) < 4.78 is 17.9. The van der Waals surface area contributed by atoms with Gasteiger partial charge >= 0.3 is 12.1 Å². The zero-order valence-corrected chi connectivity index (χ0v) is 70.9. The Bertz CT molecular complexity index is 3730. The second kappa shape index (κ2) is 45.5. The van der Waals surface area contributed by atoms with Crippen LogP contribution in [0.25, 0.3) is 0 Å². The number of aromatic amines is 1. The number of hydrogen-bond acceptors (Lipinski definition) is 19. The maximum atomic E-state index is 14.9. The monoisotopic (exact) mass is 1590 g/mol. The molecule has 9 N–H and O–H groups in total. The molecule has 626 valence electrons. The first-order valence-electron chi connectivity index (χ1n) is 40.1. The number of H-pyrrole nitrogens is 1. The highest BCUT2D eigenvalue weighted by molar-refractivity contribution is 7.09. The number of nitrogens with two attached hydrogens (primary N) is 1. The zero-order chi connectivity index (χ0) is 84.1. The third kappa shape index (κ3) is 30.6. The van der Waals surface area contributed by atoms with E-state index in [1.165, 1.54) is 44.8 Å². The van der Waals surface area contributed by atoms with Crippen LogP contribution in [0.4, 0.5) is 15.3 Å². The van der Waals surface area contributed by atoms with Crippen LogP contribution in [0.3, 0.4) is 0 Å². The largest absolute Gasteiger partial charge is 0.445 e. The van der Waals surface area contributed by atoms with E-state index >= 15 is 0 Å². The van der Waals surface area contributed by atoms with Crippen molar-refractivity contribution in [3.05, 3.63) is 101 Å². The van der Waals surface area contributed by atoms with E-state index in [-0.39, 0.29) is 148 Å². The number of nitrogens with zero attached hydrogens (tertiary/aromatic N) is 4. The van der Waals surface area contributed by atoms with Gasteiger partial charge in [0, 0.05) is 131 Å². The van der Waals surface area contributed by atoms with Gasteiger partial charge in [0.15, 0.2) is 23.1 Å². The molecule has 0 radical (unpaired) electrons. The van der Waals surface area contributed by atoms with Crippen LogP contribution < -0.4 is 37.6 Å². The van der Waals surface area contributed by atoms with Gasteiger partial charge in [-0.25, -0.2) is 19.6 Å². The third-order valence-corrected chi connectivity index (χ3v) is 22.5. The summed E-state index contributed by atoms with van der Waals surface area (Å²) in [6.45, 7) is 28.3. The predicted molar refractivity (Wildman–Crippen MR) is 436 cm³/mol. The number of anilines is 1. The van der Waals surface area contributed by atoms with Crippen molar-refractivity contribution in [1.82, 2.24) is 51.3 Å². The van der Waals surface area contributed by atoms with Crippen molar-refractivity contribution in [3.63, 3.8) is 0 Å². The third-order valence-electron chi connectivity index (χ3n) is 21.5. The Hall–Kier alpha value is -8.60. The van der Waals surface area contributed by atoms with Gasteiger partial charge in [0.05, 0.1) is 65.9 Å². The molecule has 1 saturated heterocycles. The lowest BCUT2D eigenvalue weighted by Gasteiger charge is -2.41. The number of hydrogen-bond donors (Lipinski definition) is 8.